The highest BCUT2D eigenvalue weighted by Gasteiger charge is 2.12. The van der Waals surface area contributed by atoms with E-state index in [-0.39, 0.29) is 23.3 Å². The summed E-state index contributed by atoms with van der Waals surface area (Å²) in [4.78, 5) is 23.0. The summed E-state index contributed by atoms with van der Waals surface area (Å²) in [5.41, 5.74) is 2.22. The number of carbonyl (C=O) groups excluding carboxylic acids is 2. The van der Waals surface area contributed by atoms with Crippen LogP contribution in [0.1, 0.15) is 23.9 Å². The Morgan fingerprint density at radius 2 is 2.04 bits per heavy atom. The third-order valence-electron chi connectivity index (χ3n) is 3.22. The van der Waals surface area contributed by atoms with Gasteiger partial charge in [0.25, 0.3) is 0 Å². The molecule has 2 rings (SSSR count). The van der Waals surface area contributed by atoms with Crippen molar-refractivity contribution in [3.8, 4) is 0 Å². The highest BCUT2D eigenvalue weighted by Crippen LogP contribution is 2.22. The maximum Gasteiger partial charge on any atom is 0.234 e. The lowest BCUT2D eigenvalue weighted by Gasteiger charge is -2.09. The topological polar surface area (TPSA) is 84.2 Å². The number of aryl methyl sites for hydroxylation is 2. The summed E-state index contributed by atoms with van der Waals surface area (Å²) in [6.07, 6.45) is 0. The molecule has 0 aliphatic heterocycles. The van der Waals surface area contributed by atoms with Crippen molar-refractivity contribution in [3.05, 3.63) is 41.0 Å². The van der Waals surface area contributed by atoms with Crippen molar-refractivity contribution in [3.63, 3.8) is 0 Å². The Labute approximate surface area is 143 Å². The molecule has 128 valence electrons. The van der Waals surface area contributed by atoms with E-state index in [1.54, 1.807) is 0 Å². The van der Waals surface area contributed by atoms with E-state index in [4.69, 9.17) is 4.52 Å². The predicted octanol–water partition coefficient (Wildman–Crippen LogP) is 3.26. The van der Waals surface area contributed by atoms with Crippen molar-refractivity contribution in [1.29, 1.82) is 0 Å². The highest BCUT2D eigenvalue weighted by atomic mass is 32.2. The standard InChI is InChI=1S/C16H18FN3O3S/c1-9-13(10(2)23-20-9)7-24-8-16(22)19-15-6-12(18-11(3)21)4-5-14(15)17/h4-6H,7-8H2,1-3H3,(H,18,21)(H,19,22). The molecular weight excluding hydrogens is 333 g/mol. The number of hydrogen-bond acceptors (Lipinski definition) is 5. The van der Waals surface area contributed by atoms with E-state index in [1.807, 2.05) is 13.8 Å². The summed E-state index contributed by atoms with van der Waals surface area (Å²) in [6.45, 7) is 5.02. The molecule has 0 fully saturated rings. The quantitative estimate of drug-likeness (QED) is 0.834. The number of anilines is 2. The molecule has 0 atom stereocenters. The molecule has 6 nitrogen and oxygen atoms in total. The Morgan fingerprint density at radius 1 is 1.29 bits per heavy atom. The summed E-state index contributed by atoms with van der Waals surface area (Å²) in [5, 5.41) is 8.90. The minimum atomic E-state index is -0.562. The number of benzene rings is 1. The molecular formula is C16H18FN3O3S. The average Bonchev–Trinajstić information content (AvgIpc) is 2.82. The van der Waals surface area contributed by atoms with E-state index in [2.05, 4.69) is 15.8 Å². The zero-order valence-corrected chi connectivity index (χ0v) is 14.4. The number of aromatic nitrogens is 1. The molecule has 0 bridgehead atoms. The number of nitrogens with zero attached hydrogens (tertiary/aromatic N) is 1. The van der Waals surface area contributed by atoms with Crippen LogP contribution in [-0.4, -0.2) is 22.7 Å². The van der Waals surface area contributed by atoms with Crippen molar-refractivity contribution in [2.45, 2.75) is 26.5 Å². The van der Waals surface area contributed by atoms with Gasteiger partial charge in [0.2, 0.25) is 11.8 Å². The van der Waals surface area contributed by atoms with Crippen LogP contribution in [0.3, 0.4) is 0 Å². The zero-order valence-electron chi connectivity index (χ0n) is 13.6. The molecule has 1 aromatic carbocycles. The zero-order chi connectivity index (χ0) is 17.7. The third-order valence-corrected chi connectivity index (χ3v) is 4.18. The van der Waals surface area contributed by atoms with Crippen LogP contribution in [0.4, 0.5) is 15.8 Å². The van der Waals surface area contributed by atoms with E-state index in [0.717, 1.165) is 17.0 Å². The average molecular weight is 351 g/mol. The molecule has 2 N–H and O–H groups in total. The van der Waals surface area contributed by atoms with Crippen LogP contribution in [0, 0.1) is 19.7 Å². The first kappa shape index (κ1) is 18.0. The molecule has 0 radical (unpaired) electrons. The van der Waals surface area contributed by atoms with Crippen molar-refractivity contribution in [1.82, 2.24) is 5.16 Å². The van der Waals surface area contributed by atoms with E-state index in [1.165, 1.54) is 36.9 Å². The lowest BCUT2D eigenvalue weighted by atomic mass is 10.2. The molecule has 1 heterocycles. The first-order valence-corrected chi connectivity index (χ1v) is 8.38. The Balaban J connectivity index is 1.91. The maximum atomic E-state index is 13.8. The second-order valence-electron chi connectivity index (χ2n) is 5.22. The molecule has 24 heavy (non-hydrogen) atoms. The summed E-state index contributed by atoms with van der Waals surface area (Å²) in [7, 11) is 0. The molecule has 0 spiro atoms. The third kappa shape index (κ3) is 4.82. The van der Waals surface area contributed by atoms with E-state index < -0.39 is 5.82 Å². The number of amides is 2. The lowest BCUT2D eigenvalue weighted by Crippen LogP contribution is -2.16. The maximum absolute atomic E-state index is 13.8. The van der Waals surface area contributed by atoms with Gasteiger partial charge >= 0.3 is 0 Å². The number of nitrogens with one attached hydrogen (secondary N) is 2. The van der Waals surface area contributed by atoms with Crippen LogP contribution in [0.2, 0.25) is 0 Å². The number of halogens is 1. The number of hydrogen-bond donors (Lipinski definition) is 2. The van der Waals surface area contributed by atoms with Gasteiger partial charge in [0.1, 0.15) is 11.6 Å². The Kier molecular flexibility index (Phi) is 5.97. The van der Waals surface area contributed by atoms with Crippen LogP contribution >= 0.6 is 11.8 Å². The van der Waals surface area contributed by atoms with E-state index >= 15 is 0 Å². The predicted molar refractivity (Wildman–Crippen MR) is 91.5 cm³/mol. The van der Waals surface area contributed by atoms with E-state index in [9.17, 15) is 14.0 Å². The smallest absolute Gasteiger partial charge is 0.234 e. The van der Waals surface area contributed by atoms with Gasteiger partial charge in [-0.3, -0.25) is 9.59 Å². The van der Waals surface area contributed by atoms with Gasteiger partial charge in [-0.25, -0.2) is 4.39 Å². The van der Waals surface area contributed by atoms with Crippen LogP contribution in [0.15, 0.2) is 22.7 Å². The number of thioether (sulfide) groups is 1. The fourth-order valence-corrected chi connectivity index (χ4v) is 3.02. The van der Waals surface area contributed by atoms with Gasteiger partial charge in [-0.1, -0.05) is 5.16 Å². The van der Waals surface area contributed by atoms with Crippen LogP contribution < -0.4 is 10.6 Å². The van der Waals surface area contributed by atoms with Gasteiger partial charge < -0.3 is 15.2 Å². The van der Waals surface area contributed by atoms with Crippen molar-refractivity contribution < 1.29 is 18.5 Å². The van der Waals surface area contributed by atoms with Gasteiger partial charge in [-0.15, -0.1) is 11.8 Å². The van der Waals surface area contributed by atoms with Crippen LogP contribution in [0.5, 0.6) is 0 Å². The minimum absolute atomic E-state index is 0.0317. The molecule has 0 aliphatic carbocycles. The normalized spacial score (nSPS) is 10.5. The summed E-state index contributed by atoms with van der Waals surface area (Å²) in [5.74, 6) is 0.318. The van der Waals surface area contributed by atoms with Crippen molar-refractivity contribution in [2.75, 3.05) is 16.4 Å². The molecule has 0 saturated heterocycles. The monoisotopic (exact) mass is 351 g/mol. The van der Waals surface area contributed by atoms with Gasteiger partial charge in [0, 0.05) is 23.9 Å². The fraction of sp³-hybridized carbons (Fsp3) is 0.312. The lowest BCUT2D eigenvalue weighted by molar-refractivity contribution is -0.114. The Hall–Kier alpha value is -2.35. The SMILES string of the molecule is CC(=O)Nc1ccc(F)c(NC(=O)CSCc2c(C)noc2C)c1. The largest absolute Gasteiger partial charge is 0.361 e. The van der Waals surface area contributed by atoms with Gasteiger partial charge in [0.15, 0.2) is 0 Å². The van der Waals surface area contributed by atoms with Crippen LogP contribution in [0.25, 0.3) is 0 Å². The Morgan fingerprint density at radius 3 is 2.67 bits per heavy atom. The van der Waals surface area contributed by atoms with E-state index in [0.29, 0.717) is 11.4 Å². The number of rotatable bonds is 6. The van der Waals surface area contributed by atoms with Crippen molar-refractivity contribution in [2.24, 2.45) is 0 Å². The molecule has 2 amide bonds. The molecule has 0 aliphatic rings. The fourth-order valence-electron chi connectivity index (χ4n) is 2.04. The Bertz CT molecular complexity index is 742. The first-order chi connectivity index (χ1) is 11.4. The molecule has 0 unspecified atom stereocenters. The molecule has 2 aromatic rings. The summed E-state index contributed by atoms with van der Waals surface area (Å²) < 4.78 is 18.8. The van der Waals surface area contributed by atoms with Gasteiger partial charge in [-0.2, -0.15) is 0 Å². The minimum Gasteiger partial charge on any atom is -0.361 e. The van der Waals surface area contributed by atoms with Gasteiger partial charge in [-0.05, 0) is 32.0 Å². The first-order valence-electron chi connectivity index (χ1n) is 7.23. The van der Waals surface area contributed by atoms with Crippen LogP contribution in [-0.2, 0) is 15.3 Å². The van der Waals surface area contributed by atoms with Gasteiger partial charge in [0.05, 0.1) is 17.1 Å². The highest BCUT2D eigenvalue weighted by molar-refractivity contribution is 7.99. The number of carbonyl (C=O) groups is 2. The molecule has 0 saturated carbocycles. The second-order valence-corrected chi connectivity index (χ2v) is 6.21. The molecule has 1 aromatic heterocycles. The summed E-state index contributed by atoms with van der Waals surface area (Å²) in [6, 6.07) is 4.00. The second kappa shape index (κ2) is 7.96. The summed E-state index contributed by atoms with van der Waals surface area (Å²) >= 11 is 1.38. The van der Waals surface area contributed by atoms with Crippen molar-refractivity contribution >= 4 is 35.0 Å². The molecule has 8 heteroatoms.